The molecule has 1 heterocycles. The second-order valence-electron chi connectivity index (χ2n) is 4.19. The highest BCUT2D eigenvalue weighted by Gasteiger charge is 2.54. The van der Waals surface area contributed by atoms with Gasteiger partial charge >= 0.3 is 5.97 Å². The zero-order valence-corrected chi connectivity index (χ0v) is 10.6. The summed E-state index contributed by atoms with van der Waals surface area (Å²) in [5, 5.41) is 0.367. The maximum Gasteiger partial charge on any atom is 0.333 e. The molecule has 0 bridgehead atoms. The lowest BCUT2D eigenvalue weighted by Crippen LogP contribution is -2.06. The van der Waals surface area contributed by atoms with E-state index in [4.69, 9.17) is 11.6 Å². The lowest BCUT2D eigenvalue weighted by Gasteiger charge is -2.02. The molecule has 1 aliphatic carbocycles. The number of nitrogens with zero attached hydrogens (tertiary/aromatic N) is 1. The van der Waals surface area contributed by atoms with Crippen LogP contribution >= 0.6 is 11.6 Å². The minimum atomic E-state index is -0.477. The van der Waals surface area contributed by atoms with Gasteiger partial charge in [0.05, 0.1) is 7.11 Å². The van der Waals surface area contributed by atoms with Crippen LogP contribution in [0.2, 0.25) is 5.15 Å². The molecular formula is C13H12ClNO3. The van der Waals surface area contributed by atoms with Gasteiger partial charge in [-0.15, -0.1) is 0 Å². The first kappa shape index (κ1) is 12.8. The van der Waals surface area contributed by atoms with E-state index in [1.165, 1.54) is 7.11 Å². The predicted molar refractivity (Wildman–Crippen MR) is 66.2 cm³/mol. The molecule has 94 valence electrons. The third-order valence-corrected chi connectivity index (χ3v) is 3.42. The molecule has 0 aliphatic heterocycles. The number of carbonyl (C=O) groups excluding carboxylic acids is 2. The minimum absolute atomic E-state index is 0.0606. The molecular weight excluding hydrogens is 254 g/mol. The molecule has 0 N–H and O–H groups in total. The van der Waals surface area contributed by atoms with E-state index in [2.05, 4.69) is 16.3 Å². The molecule has 1 aromatic heterocycles. The first-order chi connectivity index (χ1) is 8.60. The zero-order valence-electron chi connectivity index (χ0n) is 9.80. The topological polar surface area (TPSA) is 56.3 Å². The first-order valence-electron chi connectivity index (χ1n) is 5.44. The van der Waals surface area contributed by atoms with E-state index >= 15 is 0 Å². The van der Waals surface area contributed by atoms with E-state index < -0.39 is 5.97 Å². The monoisotopic (exact) mass is 265 g/mol. The van der Waals surface area contributed by atoms with Gasteiger partial charge in [-0.1, -0.05) is 18.2 Å². The Morgan fingerprint density at radius 2 is 2.33 bits per heavy atom. The number of esters is 1. The van der Waals surface area contributed by atoms with Crippen LogP contribution in [0.3, 0.4) is 0 Å². The number of hydrogen-bond donors (Lipinski definition) is 0. The molecule has 0 amide bonds. The second-order valence-corrected chi connectivity index (χ2v) is 4.58. The molecule has 18 heavy (non-hydrogen) atoms. The predicted octanol–water partition coefficient (Wildman–Crippen LogP) is 1.99. The Morgan fingerprint density at radius 1 is 1.61 bits per heavy atom. The average Bonchev–Trinajstić information content (AvgIpc) is 3.11. The summed E-state index contributed by atoms with van der Waals surface area (Å²) in [5.74, 6) is -0.979. The first-order valence-corrected chi connectivity index (χ1v) is 5.81. The fraction of sp³-hybridized carbons (Fsp3) is 0.308. The highest BCUT2D eigenvalue weighted by Crippen LogP contribution is 2.56. The summed E-state index contributed by atoms with van der Waals surface area (Å²) in [5.41, 5.74) is 1.22. The van der Waals surface area contributed by atoms with E-state index in [0.717, 1.165) is 11.8 Å². The van der Waals surface area contributed by atoms with Crippen LogP contribution in [0, 0.1) is 11.8 Å². The number of rotatable bonds is 4. The van der Waals surface area contributed by atoms with Gasteiger partial charge < -0.3 is 9.53 Å². The van der Waals surface area contributed by atoms with Crippen molar-refractivity contribution in [2.75, 3.05) is 7.11 Å². The van der Waals surface area contributed by atoms with Gasteiger partial charge in [-0.3, -0.25) is 0 Å². The highest BCUT2D eigenvalue weighted by molar-refractivity contribution is 6.29. The van der Waals surface area contributed by atoms with Crippen LogP contribution in [0.15, 0.2) is 30.5 Å². The smallest absolute Gasteiger partial charge is 0.333 e. The maximum atomic E-state index is 11.4. The summed E-state index contributed by atoms with van der Waals surface area (Å²) in [4.78, 5) is 26.3. The lowest BCUT2D eigenvalue weighted by molar-refractivity contribution is -0.136. The van der Waals surface area contributed by atoms with Crippen molar-refractivity contribution in [1.29, 1.82) is 0 Å². The van der Waals surface area contributed by atoms with Crippen molar-refractivity contribution in [2.45, 2.75) is 5.92 Å². The molecule has 3 unspecified atom stereocenters. The molecule has 0 radical (unpaired) electrons. The van der Waals surface area contributed by atoms with Crippen molar-refractivity contribution < 1.29 is 14.3 Å². The third-order valence-electron chi connectivity index (χ3n) is 3.22. The van der Waals surface area contributed by atoms with Crippen LogP contribution in [0.1, 0.15) is 11.5 Å². The minimum Gasteiger partial charge on any atom is -0.466 e. The number of carbonyl (C=O) groups is 2. The zero-order chi connectivity index (χ0) is 13.3. The normalized spacial score (nSPS) is 25.3. The number of aromatic nitrogens is 1. The molecule has 3 atom stereocenters. The molecule has 4 nitrogen and oxygen atoms in total. The summed E-state index contributed by atoms with van der Waals surface area (Å²) in [7, 11) is 1.30. The summed E-state index contributed by atoms with van der Waals surface area (Å²) < 4.78 is 4.62. The van der Waals surface area contributed by atoms with Crippen LogP contribution in [-0.2, 0) is 14.3 Å². The third kappa shape index (κ3) is 2.16. The van der Waals surface area contributed by atoms with Crippen molar-refractivity contribution in [2.24, 2.45) is 11.8 Å². The summed E-state index contributed by atoms with van der Waals surface area (Å²) in [6.45, 7) is 3.70. The summed E-state index contributed by atoms with van der Waals surface area (Å²) in [6, 6.07) is 3.49. The molecule has 0 saturated heterocycles. The number of hydrogen-bond acceptors (Lipinski definition) is 4. The molecule has 1 aromatic rings. The molecule has 0 spiro atoms. The van der Waals surface area contributed by atoms with Gasteiger partial charge in [0, 0.05) is 29.5 Å². The Kier molecular flexibility index (Phi) is 3.48. The second kappa shape index (κ2) is 4.90. The van der Waals surface area contributed by atoms with E-state index in [1.807, 2.05) is 0 Å². The van der Waals surface area contributed by atoms with Gasteiger partial charge in [0.15, 0.2) is 0 Å². The van der Waals surface area contributed by atoms with E-state index in [-0.39, 0.29) is 17.8 Å². The average molecular weight is 266 g/mol. The molecule has 1 fully saturated rings. The molecule has 5 heteroatoms. The van der Waals surface area contributed by atoms with Crippen molar-refractivity contribution >= 4 is 23.9 Å². The number of ether oxygens (including phenoxy) is 1. The quantitative estimate of drug-likeness (QED) is 0.362. The summed E-state index contributed by atoms with van der Waals surface area (Å²) >= 11 is 5.81. The Morgan fingerprint density at radius 3 is 2.89 bits per heavy atom. The van der Waals surface area contributed by atoms with Crippen LogP contribution in [0.4, 0.5) is 0 Å². The fourth-order valence-corrected chi connectivity index (χ4v) is 2.46. The Hall–Kier alpha value is -1.68. The van der Waals surface area contributed by atoms with Gasteiger partial charge in [-0.05, 0) is 17.7 Å². The molecule has 1 saturated carbocycles. The van der Waals surface area contributed by atoms with Crippen molar-refractivity contribution in [3.63, 3.8) is 0 Å². The number of pyridine rings is 1. The number of halogens is 1. The Labute approximate surface area is 110 Å². The van der Waals surface area contributed by atoms with Gasteiger partial charge in [-0.25, -0.2) is 9.78 Å². The van der Waals surface area contributed by atoms with Crippen LogP contribution in [0.25, 0.3) is 0 Å². The van der Waals surface area contributed by atoms with Gasteiger partial charge in [0.2, 0.25) is 0 Å². The van der Waals surface area contributed by atoms with Gasteiger partial charge in [0.25, 0.3) is 0 Å². The van der Waals surface area contributed by atoms with E-state index in [0.29, 0.717) is 10.7 Å². The lowest BCUT2D eigenvalue weighted by atomic mass is 10.1. The van der Waals surface area contributed by atoms with Crippen molar-refractivity contribution in [3.05, 3.63) is 41.2 Å². The standard InChI is InChI=1S/C13H12ClNO3/c1-7(13(17)18-2)11-9(6-16)12(11)8-3-4-15-10(14)5-8/h3-6,9,11-12H,1H2,2H3. The number of methoxy groups -OCH3 is 1. The highest BCUT2D eigenvalue weighted by atomic mass is 35.5. The molecule has 0 aromatic carbocycles. The van der Waals surface area contributed by atoms with Crippen LogP contribution in [-0.4, -0.2) is 24.3 Å². The fourth-order valence-electron chi connectivity index (χ4n) is 2.27. The van der Waals surface area contributed by atoms with Crippen LogP contribution < -0.4 is 0 Å². The Bertz CT molecular complexity index is 515. The summed E-state index contributed by atoms with van der Waals surface area (Å²) in [6.07, 6.45) is 2.42. The SMILES string of the molecule is C=C(C(=O)OC)C1C(C=O)C1c1ccnc(Cl)c1. The maximum absolute atomic E-state index is 11.4. The van der Waals surface area contributed by atoms with E-state index in [9.17, 15) is 9.59 Å². The van der Waals surface area contributed by atoms with Gasteiger partial charge in [-0.2, -0.15) is 0 Å². The van der Waals surface area contributed by atoms with Gasteiger partial charge in [0.1, 0.15) is 11.4 Å². The molecule has 2 rings (SSSR count). The molecule has 1 aliphatic rings. The van der Waals surface area contributed by atoms with Crippen molar-refractivity contribution in [3.8, 4) is 0 Å². The Balaban J connectivity index is 2.22. The number of aldehydes is 1. The van der Waals surface area contributed by atoms with E-state index in [1.54, 1.807) is 18.3 Å². The largest absolute Gasteiger partial charge is 0.466 e. The van der Waals surface area contributed by atoms with Crippen molar-refractivity contribution in [1.82, 2.24) is 4.98 Å². The van der Waals surface area contributed by atoms with Crippen LogP contribution in [0.5, 0.6) is 0 Å².